The van der Waals surface area contributed by atoms with Gasteiger partial charge in [0.25, 0.3) is 0 Å². The highest BCUT2D eigenvalue weighted by atomic mass is 35.5. The normalized spacial score (nSPS) is 27.6. The fraction of sp³-hybridized carbons (Fsp3) is 0.818. The molecule has 2 unspecified atom stereocenters. The number of hydrogen-bond donors (Lipinski definition) is 1. The van der Waals surface area contributed by atoms with E-state index in [1.165, 1.54) is 24.8 Å². The molecule has 1 saturated carbocycles. The maximum Gasteiger partial charge on any atom is 0.0376 e. The number of hydrogen-bond acceptors (Lipinski definition) is 1. The van der Waals surface area contributed by atoms with Crippen molar-refractivity contribution in [3.05, 3.63) is 11.6 Å². The molecule has 0 radical (unpaired) electrons. The van der Waals surface area contributed by atoms with E-state index in [-0.39, 0.29) is 0 Å². The molecule has 1 N–H and O–H groups in total. The lowest BCUT2D eigenvalue weighted by atomic mass is 10.1. The minimum absolute atomic E-state index is 0.416. The Morgan fingerprint density at radius 2 is 2.23 bits per heavy atom. The first-order valence-electron chi connectivity index (χ1n) is 5.18. The molecule has 0 aromatic heterocycles. The van der Waals surface area contributed by atoms with Gasteiger partial charge in [-0.15, -0.1) is 11.6 Å². The average molecular weight is 202 g/mol. The van der Waals surface area contributed by atoms with Gasteiger partial charge in [0.15, 0.2) is 0 Å². The van der Waals surface area contributed by atoms with Gasteiger partial charge in [-0.1, -0.05) is 18.1 Å². The van der Waals surface area contributed by atoms with Crippen molar-refractivity contribution in [1.29, 1.82) is 0 Å². The zero-order chi connectivity index (χ0) is 9.68. The highest BCUT2D eigenvalue weighted by Crippen LogP contribution is 2.29. The fourth-order valence-corrected chi connectivity index (χ4v) is 2.14. The van der Waals surface area contributed by atoms with Gasteiger partial charge in [0, 0.05) is 11.9 Å². The summed E-state index contributed by atoms with van der Waals surface area (Å²) < 4.78 is 0. The first-order chi connectivity index (χ1) is 6.20. The summed E-state index contributed by atoms with van der Waals surface area (Å²) in [5.74, 6) is 0.701. The van der Waals surface area contributed by atoms with Gasteiger partial charge in [-0.3, -0.25) is 0 Å². The monoisotopic (exact) mass is 201 g/mol. The summed E-state index contributed by atoms with van der Waals surface area (Å²) in [7, 11) is 0. The Bertz CT molecular complexity index is 173. The first kappa shape index (κ1) is 11.1. The molecule has 0 bridgehead atoms. The second kappa shape index (κ2) is 5.66. The van der Waals surface area contributed by atoms with Crippen LogP contribution in [0.3, 0.4) is 0 Å². The standard InChI is InChI=1S/C11H20ClN/c1-9(2)6-7-13-8-10-4-3-5-11(10)12/h6,10-11,13H,3-5,7-8H2,1-2H3. The molecule has 1 nitrogen and oxygen atoms in total. The van der Waals surface area contributed by atoms with Crippen LogP contribution in [0.2, 0.25) is 0 Å². The summed E-state index contributed by atoms with van der Waals surface area (Å²) in [5, 5.41) is 3.84. The molecule has 0 heterocycles. The number of rotatable bonds is 4. The average Bonchev–Trinajstić information content (AvgIpc) is 2.45. The minimum atomic E-state index is 0.416. The van der Waals surface area contributed by atoms with Crippen molar-refractivity contribution in [3.63, 3.8) is 0 Å². The Balaban J connectivity index is 2.09. The summed E-state index contributed by atoms with van der Waals surface area (Å²) in [5.41, 5.74) is 1.38. The predicted molar refractivity (Wildman–Crippen MR) is 59.3 cm³/mol. The van der Waals surface area contributed by atoms with Crippen LogP contribution >= 0.6 is 11.6 Å². The van der Waals surface area contributed by atoms with Crippen LogP contribution in [0.25, 0.3) is 0 Å². The van der Waals surface area contributed by atoms with Gasteiger partial charge >= 0.3 is 0 Å². The van der Waals surface area contributed by atoms with Crippen LogP contribution in [-0.4, -0.2) is 18.5 Å². The van der Waals surface area contributed by atoms with Gasteiger partial charge in [-0.05, 0) is 39.2 Å². The van der Waals surface area contributed by atoms with E-state index in [0.29, 0.717) is 11.3 Å². The van der Waals surface area contributed by atoms with Crippen molar-refractivity contribution in [1.82, 2.24) is 5.32 Å². The number of nitrogens with one attached hydrogen (secondary N) is 1. The largest absolute Gasteiger partial charge is 0.313 e. The number of halogens is 1. The van der Waals surface area contributed by atoms with Crippen LogP contribution in [0.15, 0.2) is 11.6 Å². The maximum absolute atomic E-state index is 6.16. The zero-order valence-corrected chi connectivity index (χ0v) is 9.40. The van der Waals surface area contributed by atoms with Crippen LogP contribution in [0, 0.1) is 5.92 Å². The van der Waals surface area contributed by atoms with Gasteiger partial charge in [0.2, 0.25) is 0 Å². The molecule has 2 heteroatoms. The summed E-state index contributed by atoms with van der Waals surface area (Å²) in [6.07, 6.45) is 6.04. The Kier molecular flexibility index (Phi) is 4.82. The second-order valence-corrected chi connectivity index (χ2v) is 4.71. The van der Waals surface area contributed by atoms with E-state index >= 15 is 0 Å². The molecule has 0 spiro atoms. The first-order valence-corrected chi connectivity index (χ1v) is 5.62. The van der Waals surface area contributed by atoms with E-state index in [1.807, 2.05) is 0 Å². The minimum Gasteiger partial charge on any atom is -0.313 e. The predicted octanol–water partition coefficient (Wildman–Crippen LogP) is 2.95. The fourth-order valence-electron chi connectivity index (χ4n) is 1.77. The van der Waals surface area contributed by atoms with E-state index < -0.39 is 0 Å². The zero-order valence-electron chi connectivity index (χ0n) is 8.65. The van der Waals surface area contributed by atoms with E-state index in [1.54, 1.807) is 0 Å². The van der Waals surface area contributed by atoms with E-state index in [0.717, 1.165) is 13.1 Å². The topological polar surface area (TPSA) is 12.0 Å². The SMILES string of the molecule is CC(C)=CCNCC1CCCC1Cl. The summed E-state index contributed by atoms with van der Waals surface area (Å²) in [6, 6.07) is 0. The molecule has 1 rings (SSSR count). The smallest absolute Gasteiger partial charge is 0.0376 e. The van der Waals surface area contributed by atoms with Crippen LogP contribution < -0.4 is 5.32 Å². The molecule has 0 aromatic carbocycles. The molecule has 1 aliphatic carbocycles. The number of alkyl halides is 1. The number of allylic oxidation sites excluding steroid dienone is 1. The van der Waals surface area contributed by atoms with Crippen molar-refractivity contribution in [2.75, 3.05) is 13.1 Å². The highest BCUT2D eigenvalue weighted by molar-refractivity contribution is 6.20. The molecule has 0 aromatic rings. The molecule has 0 aliphatic heterocycles. The van der Waals surface area contributed by atoms with Crippen LogP contribution in [0.4, 0.5) is 0 Å². The van der Waals surface area contributed by atoms with Crippen molar-refractivity contribution < 1.29 is 0 Å². The van der Waals surface area contributed by atoms with Gasteiger partial charge in [-0.25, -0.2) is 0 Å². The Labute approximate surface area is 86.5 Å². The lowest BCUT2D eigenvalue weighted by molar-refractivity contribution is 0.510. The van der Waals surface area contributed by atoms with Crippen LogP contribution in [0.1, 0.15) is 33.1 Å². The Morgan fingerprint density at radius 1 is 1.46 bits per heavy atom. The third-order valence-electron chi connectivity index (χ3n) is 2.63. The quantitative estimate of drug-likeness (QED) is 0.419. The van der Waals surface area contributed by atoms with E-state index in [4.69, 9.17) is 11.6 Å². The van der Waals surface area contributed by atoms with Crippen molar-refractivity contribution in [2.24, 2.45) is 5.92 Å². The molecule has 0 amide bonds. The lowest BCUT2D eigenvalue weighted by Crippen LogP contribution is -2.25. The van der Waals surface area contributed by atoms with E-state index in [9.17, 15) is 0 Å². The van der Waals surface area contributed by atoms with E-state index in [2.05, 4.69) is 25.2 Å². The summed E-state index contributed by atoms with van der Waals surface area (Å²) in [6.45, 7) is 6.32. The van der Waals surface area contributed by atoms with Crippen molar-refractivity contribution >= 4 is 11.6 Å². The molecule has 0 saturated heterocycles. The van der Waals surface area contributed by atoms with Crippen molar-refractivity contribution in [3.8, 4) is 0 Å². The molecular formula is C11H20ClN. The molecule has 1 aliphatic rings. The highest BCUT2D eigenvalue weighted by Gasteiger charge is 2.24. The van der Waals surface area contributed by atoms with Crippen LogP contribution in [-0.2, 0) is 0 Å². The van der Waals surface area contributed by atoms with Gasteiger partial charge in [0.05, 0.1) is 0 Å². The second-order valence-electron chi connectivity index (χ2n) is 4.15. The molecule has 1 fully saturated rings. The summed E-state index contributed by atoms with van der Waals surface area (Å²) >= 11 is 6.16. The van der Waals surface area contributed by atoms with Gasteiger partial charge in [0.1, 0.15) is 0 Å². The van der Waals surface area contributed by atoms with Crippen LogP contribution in [0.5, 0.6) is 0 Å². The Hall–Kier alpha value is -0.0100. The summed E-state index contributed by atoms with van der Waals surface area (Å²) in [4.78, 5) is 0. The molecule has 2 atom stereocenters. The third-order valence-corrected chi connectivity index (χ3v) is 3.20. The van der Waals surface area contributed by atoms with Crippen molar-refractivity contribution in [2.45, 2.75) is 38.5 Å². The maximum atomic E-state index is 6.16. The Morgan fingerprint density at radius 3 is 2.77 bits per heavy atom. The molecular weight excluding hydrogens is 182 g/mol. The molecule has 13 heavy (non-hydrogen) atoms. The lowest BCUT2D eigenvalue weighted by Gasteiger charge is -2.13. The van der Waals surface area contributed by atoms with Gasteiger partial charge in [-0.2, -0.15) is 0 Å². The van der Waals surface area contributed by atoms with Gasteiger partial charge < -0.3 is 5.32 Å². The third kappa shape index (κ3) is 4.15. The molecule has 76 valence electrons.